The van der Waals surface area contributed by atoms with Gasteiger partial charge in [0.2, 0.25) is 5.91 Å². The fourth-order valence-corrected chi connectivity index (χ4v) is 6.68. The molecule has 4 rings (SSSR count). The third kappa shape index (κ3) is 15.8. The molecule has 5 atom stereocenters. The van der Waals surface area contributed by atoms with Crippen LogP contribution in [0, 0.1) is 22.0 Å². The molecule has 1 saturated carbocycles. The molecule has 3 aromatic carbocycles. The van der Waals surface area contributed by atoms with Crippen LogP contribution in [0.1, 0.15) is 73.6 Å². The Kier molecular flexibility index (Phi) is 18.2. The van der Waals surface area contributed by atoms with Gasteiger partial charge in [-0.3, -0.25) is 4.79 Å². The molecule has 0 aromatic heterocycles. The van der Waals surface area contributed by atoms with E-state index in [-0.39, 0.29) is 55.4 Å². The molecule has 0 aliphatic heterocycles. The fourth-order valence-electron chi connectivity index (χ4n) is 6.68. The standard InChI is InChI=1S/C43H52N2O12/c1-54-40-25-31(19-24-42(50)55-28-32-13-15-33(16-14-32)29-56-45(52)53)18-23-39(40)57-43(51)27-44-41(49)12-8-3-2-7-11-35-36(38(48)26-37(35)47)22-21-34(46)20-17-30-9-5-4-6-10-30/h2,4-7,9-10,13-16,18-19,23-25,34-38,46-48H,3,8,11-12,17,20-22,26-29H2,1H3,(H,44,49)/b7-2-,24-19+/t34-,35+,36+,37-,38+/m0/s1. The van der Waals surface area contributed by atoms with Crippen molar-refractivity contribution in [1.29, 1.82) is 0 Å². The lowest BCUT2D eigenvalue weighted by Crippen LogP contribution is -2.31. The van der Waals surface area contributed by atoms with Crippen molar-refractivity contribution in [2.75, 3.05) is 13.7 Å². The van der Waals surface area contributed by atoms with Gasteiger partial charge in [-0.05, 0) is 104 Å². The number of benzene rings is 3. The zero-order valence-electron chi connectivity index (χ0n) is 32.1. The second-order valence-corrected chi connectivity index (χ2v) is 14.0. The summed E-state index contributed by atoms with van der Waals surface area (Å²) in [7, 11) is 1.40. The van der Waals surface area contributed by atoms with Gasteiger partial charge in [-0.2, -0.15) is 0 Å². The maximum atomic E-state index is 12.5. The lowest BCUT2D eigenvalue weighted by Gasteiger charge is -2.23. The molecule has 0 unspecified atom stereocenters. The van der Waals surface area contributed by atoms with E-state index in [2.05, 4.69) is 10.2 Å². The second-order valence-electron chi connectivity index (χ2n) is 14.0. The Morgan fingerprint density at radius 1 is 0.912 bits per heavy atom. The summed E-state index contributed by atoms with van der Waals surface area (Å²) < 4.78 is 16.0. The summed E-state index contributed by atoms with van der Waals surface area (Å²) >= 11 is 0. The van der Waals surface area contributed by atoms with E-state index in [0.717, 1.165) is 6.42 Å². The molecule has 4 N–H and O–H groups in total. The number of methoxy groups -OCH3 is 1. The Balaban J connectivity index is 1.10. The molecule has 0 heterocycles. The summed E-state index contributed by atoms with van der Waals surface area (Å²) in [5.41, 5.74) is 3.03. The van der Waals surface area contributed by atoms with Crippen molar-refractivity contribution in [1.82, 2.24) is 5.32 Å². The van der Waals surface area contributed by atoms with Gasteiger partial charge >= 0.3 is 11.9 Å². The predicted octanol–water partition coefficient (Wildman–Crippen LogP) is 5.43. The van der Waals surface area contributed by atoms with E-state index in [1.807, 2.05) is 42.5 Å². The Labute approximate surface area is 332 Å². The topological polar surface area (TPSA) is 204 Å². The summed E-state index contributed by atoms with van der Waals surface area (Å²) in [6.07, 6.45) is 9.94. The van der Waals surface area contributed by atoms with Crippen molar-refractivity contribution < 1.29 is 53.8 Å². The predicted molar refractivity (Wildman–Crippen MR) is 210 cm³/mol. The molecule has 1 amide bonds. The molecule has 1 fully saturated rings. The summed E-state index contributed by atoms with van der Waals surface area (Å²) in [5.74, 6) is -1.42. The summed E-state index contributed by atoms with van der Waals surface area (Å²) in [6, 6.07) is 21.3. The van der Waals surface area contributed by atoms with Gasteiger partial charge in [0.05, 0.1) is 25.4 Å². The lowest BCUT2D eigenvalue weighted by atomic mass is 9.85. The van der Waals surface area contributed by atoms with Crippen molar-refractivity contribution in [2.24, 2.45) is 11.8 Å². The molecular weight excluding hydrogens is 736 g/mol. The number of allylic oxidation sites excluding steroid dienone is 2. The third-order valence-corrected chi connectivity index (χ3v) is 9.81. The van der Waals surface area contributed by atoms with Crippen molar-refractivity contribution >= 4 is 23.9 Å². The molecule has 14 heteroatoms. The van der Waals surface area contributed by atoms with Crippen LogP contribution < -0.4 is 14.8 Å². The van der Waals surface area contributed by atoms with Crippen LogP contribution >= 0.6 is 0 Å². The highest BCUT2D eigenvalue weighted by Crippen LogP contribution is 2.38. The Morgan fingerprint density at radius 3 is 2.35 bits per heavy atom. The Morgan fingerprint density at radius 2 is 1.63 bits per heavy atom. The zero-order valence-corrected chi connectivity index (χ0v) is 32.1. The number of nitrogens with one attached hydrogen (secondary N) is 1. The van der Waals surface area contributed by atoms with Crippen LogP contribution in [0.3, 0.4) is 0 Å². The van der Waals surface area contributed by atoms with E-state index in [4.69, 9.17) is 14.2 Å². The quantitative estimate of drug-likeness (QED) is 0.0181. The first-order valence-corrected chi connectivity index (χ1v) is 19.1. The SMILES string of the molecule is COc1cc(/C=C/C(=O)OCc2ccc(CO[N+](=O)[O-])cc2)ccc1OC(=O)CNC(=O)CCC/C=C\C[C@@H]1[C@@H](CC[C@@H](O)CCc2ccccc2)[C@H](O)C[C@@H]1O. The Hall–Kier alpha value is -5.57. The van der Waals surface area contributed by atoms with Gasteiger partial charge in [0, 0.05) is 12.5 Å². The van der Waals surface area contributed by atoms with Gasteiger partial charge in [-0.25, -0.2) is 9.59 Å². The monoisotopic (exact) mass is 788 g/mol. The minimum atomic E-state index is -0.871. The molecule has 0 spiro atoms. The van der Waals surface area contributed by atoms with Crippen LogP contribution in [-0.2, 0) is 43.6 Å². The largest absolute Gasteiger partial charge is 0.493 e. The van der Waals surface area contributed by atoms with Crippen molar-refractivity contribution in [3.8, 4) is 11.5 Å². The highest BCUT2D eigenvalue weighted by molar-refractivity contribution is 5.87. The molecular formula is C43H52N2O12. The molecule has 1 aliphatic carbocycles. The van der Waals surface area contributed by atoms with Gasteiger partial charge in [0.25, 0.3) is 5.09 Å². The first-order chi connectivity index (χ1) is 27.5. The van der Waals surface area contributed by atoms with Crippen LogP contribution in [0.5, 0.6) is 11.5 Å². The van der Waals surface area contributed by atoms with Crippen LogP contribution in [0.2, 0.25) is 0 Å². The zero-order chi connectivity index (χ0) is 41.0. The van der Waals surface area contributed by atoms with Gasteiger partial charge in [0.1, 0.15) is 19.8 Å². The van der Waals surface area contributed by atoms with E-state index in [1.165, 1.54) is 30.9 Å². The fraction of sp³-hybridized carbons (Fsp3) is 0.419. The molecule has 0 bridgehead atoms. The highest BCUT2D eigenvalue weighted by Gasteiger charge is 2.40. The van der Waals surface area contributed by atoms with Crippen molar-refractivity contribution in [3.05, 3.63) is 123 Å². The number of aliphatic hydroxyl groups is 3. The maximum Gasteiger partial charge on any atom is 0.331 e. The van der Waals surface area contributed by atoms with Crippen LogP contribution in [-0.4, -0.2) is 70.2 Å². The third-order valence-electron chi connectivity index (χ3n) is 9.81. The van der Waals surface area contributed by atoms with E-state index >= 15 is 0 Å². The van der Waals surface area contributed by atoms with Crippen LogP contribution in [0.15, 0.2) is 91.0 Å². The molecule has 3 aromatic rings. The van der Waals surface area contributed by atoms with Gasteiger partial charge in [0.15, 0.2) is 11.5 Å². The van der Waals surface area contributed by atoms with E-state index in [1.54, 1.807) is 36.4 Å². The first-order valence-electron chi connectivity index (χ1n) is 19.1. The molecule has 14 nitrogen and oxygen atoms in total. The van der Waals surface area contributed by atoms with Crippen LogP contribution in [0.25, 0.3) is 6.08 Å². The second kappa shape index (κ2) is 23.5. The minimum Gasteiger partial charge on any atom is -0.493 e. The van der Waals surface area contributed by atoms with Gasteiger partial charge in [-0.15, -0.1) is 10.1 Å². The number of unbranched alkanes of at least 4 members (excludes halogenated alkanes) is 1. The summed E-state index contributed by atoms with van der Waals surface area (Å²) in [6.45, 7) is -0.525. The number of hydrogen-bond donors (Lipinski definition) is 4. The number of aliphatic hydroxyl groups excluding tert-OH is 3. The molecule has 0 saturated heterocycles. The number of hydrogen-bond acceptors (Lipinski definition) is 12. The number of carbonyl (C=O) groups excluding carboxylic acids is 3. The highest BCUT2D eigenvalue weighted by atomic mass is 16.9. The molecule has 306 valence electrons. The van der Waals surface area contributed by atoms with E-state index < -0.39 is 35.3 Å². The van der Waals surface area contributed by atoms with E-state index in [9.17, 15) is 39.8 Å². The van der Waals surface area contributed by atoms with Crippen LogP contribution in [0.4, 0.5) is 0 Å². The maximum absolute atomic E-state index is 12.5. The van der Waals surface area contributed by atoms with Crippen molar-refractivity contribution in [3.63, 3.8) is 0 Å². The van der Waals surface area contributed by atoms with Gasteiger partial charge in [-0.1, -0.05) is 72.8 Å². The number of amides is 1. The normalized spacial score (nSPS) is 18.3. The first kappa shape index (κ1) is 44.1. The summed E-state index contributed by atoms with van der Waals surface area (Å²) in [4.78, 5) is 51.7. The Bertz CT molecular complexity index is 1800. The lowest BCUT2D eigenvalue weighted by molar-refractivity contribution is -0.763. The van der Waals surface area contributed by atoms with Crippen molar-refractivity contribution in [2.45, 2.75) is 89.3 Å². The number of rotatable bonds is 23. The van der Waals surface area contributed by atoms with E-state index in [0.29, 0.717) is 61.6 Å². The molecule has 1 aliphatic rings. The average molecular weight is 789 g/mol. The van der Waals surface area contributed by atoms with Gasteiger partial charge < -0.3 is 39.7 Å². The number of ether oxygens (including phenoxy) is 3. The average Bonchev–Trinajstić information content (AvgIpc) is 3.48. The number of nitrogens with zero attached hydrogens (tertiary/aromatic N) is 1. The molecule has 57 heavy (non-hydrogen) atoms. The minimum absolute atomic E-state index is 0.00517. The number of esters is 2. The summed E-state index contributed by atoms with van der Waals surface area (Å²) in [5, 5.41) is 43.7. The molecule has 0 radical (unpaired) electrons. The number of carbonyl (C=O) groups is 3. The number of aryl methyl sites for hydroxylation is 1. The smallest absolute Gasteiger partial charge is 0.331 e.